The van der Waals surface area contributed by atoms with Gasteiger partial charge < -0.3 is 5.32 Å². The highest BCUT2D eigenvalue weighted by Gasteiger charge is 2.32. The molecule has 1 N–H and O–H groups in total. The van der Waals surface area contributed by atoms with E-state index in [1.54, 1.807) is 12.1 Å². The molecule has 2 atom stereocenters. The van der Waals surface area contributed by atoms with Crippen LogP contribution in [0.4, 0.5) is 4.39 Å². The molecule has 1 aliphatic heterocycles. The molecule has 16 heavy (non-hydrogen) atoms. The molecule has 1 heterocycles. The number of halogens is 1. The minimum absolute atomic E-state index is 0.0563. The maximum absolute atomic E-state index is 13.5. The Bertz CT molecular complexity index is 413. The van der Waals surface area contributed by atoms with E-state index in [2.05, 4.69) is 12.2 Å². The normalized spacial score (nSPS) is 26.9. The Kier molecular flexibility index (Phi) is 2.47. The summed E-state index contributed by atoms with van der Waals surface area (Å²) in [6, 6.07) is 3.88. The van der Waals surface area contributed by atoms with E-state index in [9.17, 15) is 4.39 Å². The highest BCUT2D eigenvalue weighted by molar-refractivity contribution is 5.45. The molecule has 0 fully saturated rings. The third kappa shape index (κ3) is 1.47. The zero-order valence-corrected chi connectivity index (χ0v) is 9.72. The Hall–Kier alpha value is -0.890. The predicted molar refractivity (Wildman–Crippen MR) is 63.1 cm³/mol. The molecule has 2 aliphatic rings. The molecule has 0 spiro atoms. The maximum atomic E-state index is 13.5. The van der Waals surface area contributed by atoms with Gasteiger partial charge in [0.1, 0.15) is 5.82 Å². The van der Waals surface area contributed by atoms with Crippen LogP contribution in [0.25, 0.3) is 0 Å². The van der Waals surface area contributed by atoms with E-state index in [0.717, 1.165) is 25.8 Å². The van der Waals surface area contributed by atoms with E-state index in [1.165, 1.54) is 23.1 Å². The van der Waals surface area contributed by atoms with E-state index in [4.69, 9.17) is 0 Å². The van der Waals surface area contributed by atoms with Gasteiger partial charge in [0, 0.05) is 12.6 Å². The summed E-state index contributed by atoms with van der Waals surface area (Å²) in [5.74, 6) is 0.581. The van der Waals surface area contributed by atoms with Gasteiger partial charge in [0.05, 0.1) is 0 Å². The van der Waals surface area contributed by atoms with Crippen LogP contribution in [0.5, 0.6) is 0 Å². The van der Waals surface area contributed by atoms with Gasteiger partial charge in [-0.25, -0.2) is 4.39 Å². The van der Waals surface area contributed by atoms with E-state index >= 15 is 0 Å². The molecular formula is C14H18FN. The van der Waals surface area contributed by atoms with E-state index < -0.39 is 0 Å². The Labute approximate surface area is 96.1 Å². The van der Waals surface area contributed by atoms with Crippen molar-refractivity contribution >= 4 is 0 Å². The maximum Gasteiger partial charge on any atom is 0.123 e. The summed E-state index contributed by atoms with van der Waals surface area (Å²) in [6.07, 6.45) is 4.51. The van der Waals surface area contributed by atoms with Crippen LogP contribution in [0.3, 0.4) is 0 Å². The molecule has 1 aromatic rings. The van der Waals surface area contributed by atoms with E-state index in [-0.39, 0.29) is 5.82 Å². The molecule has 0 bridgehead atoms. The lowest BCUT2D eigenvalue weighted by molar-refractivity contribution is 0.430. The standard InChI is InChI=1S/C14H18FN/c1-2-3-13-12-7-11(15)6-9-4-5-10(8-16-13)14(9)12/h6-7,10,13,16H,2-5,8H2,1H3. The fourth-order valence-electron chi connectivity index (χ4n) is 3.31. The quantitative estimate of drug-likeness (QED) is 0.804. The second kappa shape index (κ2) is 3.85. The third-order valence-corrected chi connectivity index (χ3v) is 4.00. The molecule has 3 rings (SSSR count). The number of hydrogen-bond acceptors (Lipinski definition) is 1. The van der Waals surface area contributed by atoms with Crippen molar-refractivity contribution in [2.45, 2.75) is 44.6 Å². The molecule has 2 unspecified atom stereocenters. The highest BCUT2D eigenvalue weighted by atomic mass is 19.1. The van der Waals surface area contributed by atoms with Crippen molar-refractivity contribution in [1.82, 2.24) is 5.32 Å². The van der Waals surface area contributed by atoms with Gasteiger partial charge in [0.15, 0.2) is 0 Å². The zero-order chi connectivity index (χ0) is 11.1. The number of rotatable bonds is 2. The van der Waals surface area contributed by atoms with Crippen molar-refractivity contribution in [3.8, 4) is 0 Å². The topological polar surface area (TPSA) is 12.0 Å². The summed E-state index contributed by atoms with van der Waals surface area (Å²) in [6.45, 7) is 3.27. The Morgan fingerprint density at radius 3 is 3.12 bits per heavy atom. The summed E-state index contributed by atoms with van der Waals surface area (Å²) in [5, 5.41) is 3.57. The summed E-state index contributed by atoms with van der Waals surface area (Å²) in [7, 11) is 0. The molecule has 1 aliphatic carbocycles. The van der Waals surface area contributed by atoms with Crippen LogP contribution in [0, 0.1) is 5.82 Å². The molecule has 0 radical (unpaired) electrons. The lowest BCUT2D eigenvalue weighted by Crippen LogP contribution is -2.32. The van der Waals surface area contributed by atoms with Gasteiger partial charge in [-0.3, -0.25) is 0 Å². The molecule has 0 saturated carbocycles. The van der Waals surface area contributed by atoms with Gasteiger partial charge in [-0.2, -0.15) is 0 Å². The number of benzene rings is 1. The van der Waals surface area contributed by atoms with E-state index in [1.807, 2.05) is 0 Å². The minimum Gasteiger partial charge on any atom is -0.309 e. The average Bonchev–Trinajstić information content (AvgIpc) is 2.66. The summed E-state index contributed by atoms with van der Waals surface area (Å²) in [4.78, 5) is 0. The Morgan fingerprint density at radius 1 is 1.44 bits per heavy atom. The molecule has 0 saturated heterocycles. The number of hydrogen-bond donors (Lipinski definition) is 1. The second-order valence-electron chi connectivity index (χ2n) is 5.05. The first kappa shape index (κ1) is 10.3. The second-order valence-corrected chi connectivity index (χ2v) is 5.05. The number of nitrogens with one attached hydrogen (secondary N) is 1. The summed E-state index contributed by atoms with van der Waals surface area (Å²) < 4.78 is 13.5. The van der Waals surface area contributed by atoms with E-state index in [0.29, 0.717) is 12.0 Å². The molecule has 0 aromatic heterocycles. The average molecular weight is 219 g/mol. The van der Waals surface area contributed by atoms with Crippen molar-refractivity contribution in [3.05, 3.63) is 34.6 Å². The van der Waals surface area contributed by atoms with Crippen molar-refractivity contribution in [3.63, 3.8) is 0 Å². The summed E-state index contributed by atoms with van der Waals surface area (Å²) in [5.41, 5.74) is 3.98. The van der Waals surface area contributed by atoms with Crippen molar-refractivity contribution in [2.24, 2.45) is 0 Å². The van der Waals surface area contributed by atoms with Gasteiger partial charge in [0.2, 0.25) is 0 Å². The molecule has 1 nitrogen and oxygen atoms in total. The van der Waals surface area contributed by atoms with Crippen molar-refractivity contribution in [2.75, 3.05) is 6.54 Å². The lowest BCUT2D eigenvalue weighted by Gasteiger charge is -2.30. The smallest absolute Gasteiger partial charge is 0.123 e. The van der Waals surface area contributed by atoms with Gasteiger partial charge in [-0.15, -0.1) is 0 Å². The van der Waals surface area contributed by atoms with Crippen LogP contribution in [-0.4, -0.2) is 6.54 Å². The molecule has 2 heteroatoms. The van der Waals surface area contributed by atoms with Gasteiger partial charge in [-0.05, 0) is 54.0 Å². The monoisotopic (exact) mass is 219 g/mol. The van der Waals surface area contributed by atoms with Crippen LogP contribution in [0.1, 0.15) is 54.8 Å². The van der Waals surface area contributed by atoms with Crippen LogP contribution in [0.2, 0.25) is 0 Å². The van der Waals surface area contributed by atoms with Gasteiger partial charge in [0.25, 0.3) is 0 Å². The molecular weight excluding hydrogens is 201 g/mol. The van der Waals surface area contributed by atoms with Crippen molar-refractivity contribution in [1.29, 1.82) is 0 Å². The van der Waals surface area contributed by atoms with Gasteiger partial charge in [-0.1, -0.05) is 13.3 Å². The third-order valence-electron chi connectivity index (χ3n) is 4.00. The first-order valence-corrected chi connectivity index (χ1v) is 6.35. The predicted octanol–water partition coefficient (Wildman–Crippen LogP) is 3.30. The summed E-state index contributed by atoms with van der Waals surface area (Å²) >= 11 is 0. The van der Waals surface area contributed by atoms with Crippen LogP contribution < -0.4 is 5.32 Å². The van der Waals surface area contributed by atoms with Crippen LogP contribution >= 0.6 is 0 Å². The Balaban J connectivity index is 2.09. The lowest BCUT2D eigenvalue weighted by atomic mass is 9.86. The fourth-order valence-corrected chi connectivity index (χ4v) is 3.31. The van der Waals surface area contributed by atoms with Crippen molar-refractivity contribution < 1.29 is 4.39 Å². The zero-order valence-electron chi connectivity index (χ0n) is 9.72. The first-order valence-electron chi connectivity index (χ1n) is 6.35. The first-order chi connectivity index (χ1) is 7.79. The van der Waals surface area contributed by atoms with Crippen LogP contribution in [-0.2, 0) is 6.42 Å². The minimum atomic E-state index is -0.0563. The Morgan fingerprint density at radius 2 is 2.31 bits per heavy atom. The SMILES string of the molecule is CCCC1NCC2CCc3cc(F)cc1c32. The molecule has 1 aromatic carbocycles. The molecule has 0 amide bonds. The van der Waals surface area contributed by atoms with Gasteiger partial charge >= 0.3 is 0 Å². The fraction of sp³-hybridized carbons (Fsp3) is 0.571. The largest absolute Gasteiger partial charge is 0.309 e. The number of aryl methyl sites for hydroxylation is 1. The van der Waals surface area contributed by atoms with Crippen LogP contribution in [0.15, 0.2) is 12.1 Å². The molecule has 86 valence electrons. The highest BCUT2D eigenvalue weighted by Crippen LogP contribution is 2.42.